The van der Waals surface area contributed by atoms with Gasteiger partial charge in [-0.15, -0.1) is 0 Å². The molecule has 2 aliphatic heterocycles. The molecule has 2 aromatic rings. The Morgan fingerprint density at radius 1 is 0.966 bits per heavy atom. The minimum atomic E-state index is -0.467. The maximum Gasteiger partial charge on any atom is 0.251 e. The number of hydrogen-bond acceptors (Lipinski definition) is 5. The highest BCUT2D eigenvalue weighted by Crippen LogP contribution is 2.38. The second-order valence-corrected chi connectivity index (χ2v) is 8.50. The predicted octanol–water partition coefficient (Wildman–Crippen LogP) is 2.67. The van der Waals surface area contributed by atoms with Crippen LogP contribution in [-0.2, 0) is 14.4 Å². The van der Waals surface area contributed by atoms with Crippen molar-refractivity contribution < 1.29 is 14.4 Å². The number of likely N-dealkylation sites (tertiary alicyclic amines) is 1. The van der Waals surface area contributed by atoms with Crippen LogP contribution >= 0.6 is 11.8 Å². The molecule has 150 valence electrons. The minimum Gasteiger partial charge on any atom is -0.369 e. The van der Waals surface area contributed by atoms with Crippen LogP contribution in [0.15, 0.2) is 64.4 Å². The van der Waals surface area contributed by atoms with Crippen LogP contribution in [0.5, 0.6) is 0 Å². The molecule has 2 aliphatic rings. The van der Waals surface area contributed by atoms with Crippen molar-refractivity contribution in [2.75, 3.05) is 18.0 Å². The summed E-state index contributed by atoms with van der Waals surface area (Å²) >= 11 is 1.53. The van der Waals surface area contributed by atoms with E-state index in [0.717, 1.165) is 9.79 Å². The van der Waals surface area contributed by atoms with Crippen molar-refractivity contribution in [1.82, 2.24) is 4.90 Å². The fourth-order valence-electron chi connectivity index (χ4n) is 3.99. The molecule has 0 aliphatic carbocycles. The first kappa shape index (κ1) is 19.7. The number of hydrogen-bond donors (Lipinski definition) is 1. The van der Waals surface area contributed by atoms with Gasteiger partial charge in [-0.25, -0.2) is 4.90 Å². The molecule has 29 heavy (non-hydrogen) atoms. The van der Waals surface area contributed by atoms with E-state index in [1.807, 2.05) is 59.5 Å². The van der Waals surface area contributed by atoms with Gasteiger partial charge in [0.15, 0.2) is 0 Å². The number of primary amides is 1. The van der Waals surface area contributed by atoms with E-state index in [4.69, 9.17) is 5.73 Å². The average molecular weight is 410 g/mol. The first-order valence-electron chi connectivity index (χ1n) is 9.76. The Hall–Kier alpha value is -2.64. The zero-order valence-corrected chi connectivity index (χ0v) is 16.8. The third-order valence-electron chi connectivity index (χ3n) is 5.57. The van der Waals surface area contributed by atoms with Crippen LogP contribution in [-0.4, -0.2) is 41.8 Å². The highest BCUT2D eigenvalue weighted by Gasteiger charge is 2.44. The van der Waals surface area contributed by atoms with Crippen molar-refractivity contribution in [2.24, 2.45) is 11.7 Å². The largest absolute Gasteiger partial charge is 0.369 e. The lowest BCUT2D eigenvalue weighted by Gasteiger charge is -2.33. The van der Waals surface area contributed by atoms with Gasteiger partial charge in [0.2, 0.25) is 11.8 Å². The van der Waals surface area contributed by atoms with E-state index in [0.29, 0.717) is 31.6 Å². The summed E-state index contributed by atoms with van der Waals surface area (Å²) in [5.41, 5.74) is 6.03. The van der Waals surface area contributed by atoms with Crippen LogP contribution in [0.3, 0.4) is 0 Å². The molecule has 0 spiro atoms. The molecule has 2 saturated heterocycles. The molecule has 2 fully saturated rings. The minimum absolute atomic E-state index is 0.141. The zero-order chi connectivity index (χ0) is 20.4. The summed E-state index contributed by atoms with van der Waals surface area (Å²) in [6.45, 7) is 1.21. The Kier molecular flexibility index (Phi) is 5.69. The molecule has 6 nitrogen and oxygen atoms in total. The van der Waals surface area contributed by atoms with Gasteiger partial charge in [-0.3, -0.25) is 19.3 Å². The van der Waals surface area contributed by atoms with Crippen LogP contribution in [0.1, 0.15) is 19.3 Å². The van der Waals surface area contributed by atoms with Crippen LogP contribution in [0.4, 0.5) is 5.69 Å². The molecular weight excluding hydrogens is 386 g/mol. The number of amides is 3. The summed E-state index contributed by atoms with van der Waals surface area (Å²) < 4.78 is 0. The number of nitrogens with zero attached hydrogens (tertiary/aromatic N) is 2. The van der Waals surface area contributed by atoms with E-state index >= 15 is 0 Å². The summed E-state index contributed by atoms with van der Waals surface area (Å²) in [7, 11) is 0. The molecule has 4 rings (SSSR count). The summed E-state index contributed by atoms with van der Waals surface area (Å²) in [5.74, 6) is -0.795. The summed E-state index contributed by atoms with van der Waals surface area (Å²) in [4.78, 5) is 42.7. The Labute approximate surface area is 174 Å². The highest BCUT2D eigenvalue weighted by atomic mass is 32.2. The lowest BCUT2D eigenvalue weighted by Crippen LogP contribution is -2.47. The van der Waals surface area contributed by atoms with E-state index in [2.05, 4.69) is 0 Å². The topological polar surface area (TPSA) is 83.7 Å². The number of imide groups is 1. The average Bonchev–Trinajstić information content (AvgIpc) is 3.03. The fraction of sp³-hybridized carbons (Fsp3) is 0.318. The number of piperidine rings is 1. The Bertz CT molecular complexity index is 926. The molecule has 2 heterocycles. The normalized spacial score (nSPS) is 21.0. The molecule has 0 saturated carbocycles. The predicted molar refractivity (Wildman–Crippen MR) is 111 cm³/mol. The number of carbonyl (C=O) groups is 3. The number of nitrogens with two attached hydrogens (primary N) is 1. The van der Waals surface area contributed by atoms with Crippen molar-refractivity contribution >= 4 is 35.2 Å². The van der Waals surface area contributed by atoms with Crippen LogP contribution < -0.4 is 10.6 Å². The first-order valence-corrected chi connectivity index (χ1v) is 10.6. The van der Waals surface area contributed by atoms with Crippen molar-refractivity contribution in [3.63, 3.8) is 0 Å². The second kappa shape index (κ2) is 8.39. The smallest absolute Gasteiger partial charge is 0.251 e. The number of benzene rings is 2. The van der Waals surface area contributed by atoms with Gasteiger partial charge in [0.25, 0.3) is 5.91 Å². The van der Waals surface area contributed by atoms with Gasteiger partial charge in [-0.2, -0.15) is 0 Å². The molecule has 1 atom stereocenters. The van der Waals surface area contributed by atoms with E-state index in [-0.39, 0.29) is 30.1 Å². The number of rotatable bonds is 5. The highest BCUT2D eigenvalue weighted by molar-refractivity contribution is 7.99. The fourth-order valence-corrected chi connectivity index (χ4v) is 4.95. The number of para-hydroxylation sites is 1. The molecule has 0 radical (unpaired) electrons. The number of carbonyl (C=O) groups excluding carboxylic acids is 3. The van der Waals surface area contributed by atoms with Crippen LogP contribution in [0, 0.1) is 5.92 Å². The van der Waals surface area contributed by atoms with Crippen LogP contribution in [0.25, 0.3) is 0 Å². The molecule has 0 unspecified atom stereocenters. The Balaban J connectivity index is 1.53. The van der Waals surface area contributed by atoms with Gasteiger partial charge in [0.1, 0.15) is 0 Å². The lowest BCUT2D eigenvalue weighted by atomic mass is 9.95. The monoisotopic (exact) mass is 409 g/mol. The van der Waals surface area contributed by atoms with E-state index < -0.39 is 6.04 Å². The number of anilines is 1. The first-order chi connectivity index (χ1) is 14.0. The van der Waals surface area contributed by atoms with Crippen LogP contribution in [0.2, 0.25) is 0 Å². The van der Waals surface area contributed by atoms with E-state index in [1.54, 1.807) is 0 Å². The third-order valence-corrected chi connectivity index (χ3v) is 6.65. The van der Waals surface area contributed by atoms with Crippen molar-refractivity contribution in [1.29, 1.82) is 0 Å². The van der Waals surface area contributed by atoms with Gasteiger partial charge < -0.3 is 5.73 Å². The molecule has 3 amide bonds. The maximum absolute atomic E-state index is 13.2. The Morgan fingerprint density at radius 2 is 1.62 bits per heavy atom. The van der Waals surface area contributed by atoms with E-state index in [9.17, 15) is 14.4 Å². The van der Waals surface area contributed by atoms with Gasteiger partial charge in [-0.05, 0) is 50.2 Å². The van der Waals surface area contributed by atoms with Gasteiger partial charge in [-0.1, -0.05) is 42.1 Å². The second-order valence-electron chi connectivity index (χ2n) is 7.38. The molecular formula is C22H23N3O3S. The summed E-state index contributed by atoms with van der Waals surface area (Å²) in [5, 5.41) is 0. The summed E-state index contributed by atoms with van der Waals surface area (Å²) in [6, 6.07) is 16.9. The molecule has 7 heteroatoms. The molecule has 0 aromatic heterocycles. The summed E-state index contributed by atoms with van der Waals surface area (Å²) in [6.07, 6.45) is 1.44. The van der Waals surface area contributed by atoms with Gasteiger partial charge >= 0.3 is 0 Å². The van der Waals surface area contributed by atoms with Gasteiger partial charge in [0, 0.05) is 15.7 Å². The maximum atomic E-state index is 13.2. The SMILES string of the molecule is NC(=O)C1CCN([C@@H]2CC(=O)N(c3ccccc3Sc3ccccc3)C2=O)CC1. The van der Waals surface area contributed by atoms with Gasteiger partial charge in [0.05, 0.1) is 18.2 Å². The molecule has 2 aromatic carbocycles. The molecule has 2 N–H and O–H groups in total. The van der Waals surface area contributed by atoms with Crippen molar-refractivity contribution in [2.45, 2.75) is 35.1 Å². The lowest BCUT2D eigenvalue weighted by molar-refractivity contribution is -0.124. The van der Waals surface area contributed by atoms with E-state index in [1.165, 1.54) is 16.7 Å². The quantitative estimate of drug-likeness (QED) is 0.768. The third kappa shape index (κ3) is 4.06. The van der Waals surface area contributed by atoms with Crippen molar-refractivity contribution in [3.8, 4) is 0 Å². The molecule has 0 bridgehead atoms. The van der Waals surface area contributed by atoms with Crippen molar-refractivity contribution in [3.05, 3.63) is 54.6 Å². The standard InChI is InChI=1S/C22H23N3O3S/c23-21(27)15-10-12-24(13-11-15)18-14-20(26)25(22(18)28)17-8-4-5-9-19(17)29-16-6-2-1-3-7-16/h1-9,15,18H,10-14H2,(H2,23,27)/t18-/m1/s1. The Morgan fingerprint density at radius 3 is 2.31 bits per heavy atom. The zero-order valence-electron chi connectivity index (χ0n) is 16.0.